The Hall–Kier alpha value is -2.81. The van der Waals surface area contributed by atoms with Crippen LogP contribution in [-0.2, 0) is 9.53 Å². The number of ether oxygens (including phenoxy) is 1. The molecule has 38 heavy (non-hydrogen) atoms. The van der Waals surface area contributed by atoms with Gasteiger partial charge in [-0.15, -0.1) is 0 Å². The average Bonchev–Trinajstić information content (AvgIpc) is 3.58. The first-order valence-corrected chi connectivity index (χ1v) is 13.8. The molecule has 2 aliphatic heterocycles. The minimum Gasteiger partial charge on any atom is -0.376 e. The van der Waals surface area contributed by atoms with Gasteiger partial charge in [0, 0.05) is 55.6 Å². The summed E-state index contributed by atoms with van der Waals surface area (Å²) in [5, 5.41) is 5.57. The molecule has 0 spiro atoms. The predicted molar refractivity (Wildman–Crippen MR) is 148 cm³/mol. The van der Waals surface area contributed by atoms with Gasteiger partial charge in [0.05, 0.1) is 35.4 Å². The van der Waals surface area contributed by atoms with Gasteiger partial charge in [-0.1, -0.05) is 31.0 Å². The van der Waals surface area contributed by atoms with Crippen LogP contribution in [0.25, 0.3) is 10.8 Å². The number of hydrogen-bond acceptors (Lipinski definition) is 6. The first kappa shape index (κ1) is 25.5. The zero-order chi connectivity index (χ0) is 26.4. The van der Waals surface area contributed by atoms with E-state index in [0.29, 0.717) is 23.4 Å². The minimum atomic E-state index is -0.970. The SMILES string of the molecule is CC[C@H]1[C@H](C(=O)Nc2cc3cc(N4CCN([C@@]5(C)COC[C@H]5F)CC4)c(Cl)cc3cn2)[C@H]1c1ccccn1. The summed E-state index contributed by atoms with van der Waals surface area (Å²) in [5.41, 5.74) is 1.35. The topological polar surface area (TPSA) is 70.6 Å². The summed E-state index contributed by atoms with van der Waals surface area (Å²) in [6, 6.07) is 11.8. The highest BCUT2D eigenvalue weighted by atomic mass is 35.5. The lowest BCUT2D eigenvalue weighted by atomic mass is 9.96. The molecule has 0 bridgehead atoms. The number of rotatable bonds is 6. The quantitative estimate of drug-likeness (QED) is 0.482. The molecule has 0 radical (unpaired) electrons. The number of carbonyl (C=O) groups is 1. The van der Waals surface area contributed by atoms with Crippen molar-refractivity contribution in [3.63, 3.8) is 0 Å². The van der Waals surface area contributed by atoms with Gasteiger partial charge < -0.3 is 15.0 Å². The number of nitrogens with one attached hydrogen (secondary N) is 1. The number of alkyl halides is 1. The number of aromatic nitrogens is 2. The monoisotopic (exact) mass is 537 g/mol. The van der Waals surface area contributed by atoms with Crippen LogP contribution in [-0.4, -0.2) is 71.9 Å². The van der Waals surface area contributed by atoms with Crippen LogP contribution in [0.2, 0.25) is 5.02 Å². The lowest BCUT2D eigenvalue weighted by molar-refractivity contribution is -0.117. The first-order valence-electron chi connectivity index (χ1n) is 13.4. The van der Waals surface area contributed by atoms with E-state index in [1.54, 1.807) is 12.4 Å². The molecule has 3 aliphatic rings. The summed E-state index contributed by atoms with van der Waals surface area (Å²) in [6.07, 6.45) is 3.49. The largest absolute Gasteiger partial charge is 0.376 e. The summed E-state index contributed by atoms with van der Waals surface area (Å²) in [4.78, 5) is 26.6. The van der Waals surface area contributed by atoms with Crippen LogP contribution in [0.15, 0.2) is 48.8 Å². The Kier molecular flexibility index (Phi) is 6.74. The normalized spacial score (nSPS) is 29.5. The molecule has 3 aromatic rings. The molecule has 1 saturated carbocycles. The number of fused-ring (bicyclic) bond motifs is 1. The molecule has 1 N–H and O–H groups in total. The third-order valence-electron chi connectivity index (χ3n) is 8.69. The van der Waals surface area contributed by atoms with Crippen LogP contribution >= 0.6 is 11.6 Å². The second-order valence-electron chi connectivity index (χ2n) is 10.9. The Morgan fingerprint density at radius 3 is 2.68 bits per heavy atom. The van der Waals surface area contributed by atoms with E-state index in [1.165, 1.54) is 0 Å². The summed E-state index contributed by atoms with van der Waals surface area (Å²) in [5.74, 6) is 0.864. The molecule has 9 heteroatoms. The fourth-order valence-corrected chi connectivity index (χ4v) is 6.57. The van der Waals surface area contributed by atoms with Gasteiger partial charge in [0.1, 0.15) is 12.0 Å². The number of pyridine rings is 2. The second kappa shape index (κ2) is 10.1. The molecule has 5 atom stereocenters. The van der Waals surface area contributed by atoms with Crippen molar-refractivity contribution in [3.8, 4) is 0 Å². The van der Waals surface area contributed by atoms with E-state index >= 15 is 0 Å². The number of hydrogen-bond donors (Lipinski definition) is 1. The Morgan fingerprint density at radius 2 is 2.00 bits per heavy atom. The standard InChI is InChI=1S/C29H33ClFN5O2/c1-3-20-26(22-6-4-5-7-32-22)27(20)28(37)34-25-14-18-13-23(21(30)12-19(18)15-33-25)35-8-10-36(11-9-35)29(2)17-38-16-24(29)31/h4-7,12-15,20,24,26-27H,3,8-11,16-17H2,1-2H3,(H,33,34,37)/t20-,24-,26-,27+,29+/m1/s1. The van der Waals surface area contributed by atoms with Crippen LogP contribution in [0, 0.1) is 11.8 Å². The molecule has 1 aromatic carbocycles. The minimum absolute atomic E-state index is 0.0137. The Balaban J connectivity index is 1.16. The van der Waals surface area contributed by atoms with Gasteiger partial charge in [0.25, 0.3) is 0 Å². The van der Waals surface area contributed by atoms with E-state index in [1.807, 2.05) is 37.3 Å². The maximum absolute atomic E-state index is 14.5. The summed E-state index contributed by atoms with van der Waals surface area (Å²) < 4.78 is 19.9. The summed E-state index contributed by atoms with van der Waals surface area (Å²) in [6.45, 7) is 7.64. The van der Waals surface area contributed by atoms with Crippen molar-refractivity contribution in [2.24, 2.45) is 11.8 Å². The van der Waals surface area contributed by atoms with Crippen LogP contribution in [0.4, 0.5) is 15.9 Å². The van der Waals surface area contributed by atoms with E-state index in [4.69, 9.17) is 16.3 Å². The highest BCUT2D eigenvalue weighted by Crippen LogP contribution is 2.55. The van der Waals surface area contributed by atoms with Crippen molar-refractivity contribution in [3.05, 3.63) is 59.5 Å². The van der Waals surface area contributed by atoms with Gasteiger partial charge in [-0.2, -0.15) is 0 Å². The summed E-state index contributed by atoms with van der Waals surface area (Å²) in [7, 11) is 0. The van der Waals surface area contributed by atoms with E-state index in [9.17, 15) is 9.18 Å². The number of benzene rings is 1. The van der Waals surface area contributed by atoms with E-state index < -0.39 is 11.7 Å². The molecule has 6 rings (SSSR count). The van der Waals surface area contributed by atoms with Crippen molar-refractivity contribution in [2.75, 3.05) is 49.6 Å². The Bertz CT molecular complexity index is 1340. The lowest BCUT2D eigenvalue weighted by Crippen LogP contribution is -2.59. The average molecular weight is 538 g/mol. The zero-order valence-electron chi connectivity index (χ0n) is 21.7. The lowest BCUT2D eigenvalue weighted by Gasteiger charge is -2.44. The van der Waals surface area contributed by atoms with Crippen molar-refractivity contribution >= 4 is 39.8 Å². The van der Waals surface area contributed by atoms with Crippen LogP contribution < -0.4 is 10.2 Å². The van der Waals surface area contributed by atoms with Gasteiger partial charge in [0.2, 0.25) is 5.91 Å². The summed E-state index contributed by atoms with van der Waals surface area (Å²) >= 11 is 6.69. The van der Waals surface area contributed by atoms with Crippen molar-refractivity contribution < 1.29 is 13.9 Å². The van der Waals surface area contributed by atoms with E-state index in [2.05, 4.69) is 38.1 Å². The molecule has 4 heterocycles. The van der Waals surface area contributed by atoms with E-state index in [-0.39, 0.29) is 24.3 Å². The van der Waals surface area contributed by atoms with Gasteiger partial charge in [-0.3, -0.25) is 14.7 Å². The fourth-order valence-electron chi connectivity index (χ4n) is 6.28. The molecular formula is C29H33ClFN5O2. The number of nitrogens with zero attached hydrogens (tertiary/aromatic N) is 4. The smallest absolute Gasteiger partial charge is 0.229 e. The second-order valence-corrected chi connectivity index (χ2v) is 11.3. The Morgan fingerprint density at radius 1 is 1.18 bits per heavy atom. The van der Waals surface area contributed by atoms with Gasteiger partial charge in [-0.05, 0) is 48.6 Å². The molecular weight excluding hydrogens is 505 g/mol. The fraction of sp³-hybridized carbons (Fsp3) is 0.483. The molecule has 2 saturated heterocycles. The van der Waals surface area contributed by atoms with Crippen LogP contribution in [0.3, 0.4) is 0 Å². The van der Waals surface area contributed by atoms with Crippen molar-refractivity contribution in [1.29, 1.82) is 0 Å². The van der Waals surface area contributed by atoms with Gasteiger partial charge >= 0.3 is 0 Å². The Labute approximate surface area is 227 Å². The number of halogens is 2. The molecule has 200 valence electrons. The van der Waals surface area contributed by atoms with Crippen LogP contribution in [0.5, 0.6) is 0 Å². The predicted octanol–water partition coefficient (Wildman–Crippen LogP) is 4.91. The highest BCUT2D eigenvalue weighted by molar-refractivity contribution is 6.34. The maximum Gasteiger partial charge on any atom is 0.229 e. The van der Waals surface area contributed by atoms with Crippen molar-refractivity contribution in [1.82, 2.24) is 14.9 Å². The van der Waals surface area contributed by atoms with Gasteiger partial charge in [0.15, 0.2) is 0 Å². The maximum atomic E-state index is 14.5. The molecule has 0 unspecified atom stereocenters. The van der Waals surface area contributed by atoms with Gasteiger partial charge in [-0.25, -0.2) is 9.37 Å². The number of amides is 1. The van der Waals surface area contributed by atoms with E-state index in [0.717, 1.165) is 54.8 Å². The van der Waals surface area contributed by atoms with Crippen LogP contribution in [0.1, 0.15) is 31.9 Å². The molecule has 1 aliphatic carbocycles. The molecule has 1 amide bonds. The van der Waals surface area contributed by atoms with Crippen molar-refractivity contribution in [2.45, 2.75) is 37.9 Å². The zero-order valence-corrected chi connectivity index (χ0v) is 22.5. The highest BCUT2D eigenvalue weighted by Gasteiger charge is 2.55. The molecule has 3 fully saturated rings. The third kappa shape index (κ3) is 4.52. The first-order chi connectivity index (χ1) is 18.4. The number of carbonyl (C=O) groups excluding carboxylic acids is 1. The molecule has 2 aromatic heterocycles. The number of piperazine rings is 1. The molecule has 7 nitrogen and oxygen atoms in total. The third-order valence-corrected chi connectivity index (χ3v) is 8.99. The number of anilines is 2.